The quantitative estimate of drug-likeness (QED) is 0.331. The molecule has 0 saturated carbocycles. The summed E-state index contributed by atoms with van der Waals surface area (Å²) >= 11 is 0. The van der Waals surface area contributed by atoms with Crippen LogP contribution in [-0.4, -0.2) is 61.9 Å². The van der Waals surface area contributed by atoms with Crippen molar-refractivity contribution < 1.29 is 9.53 Å². The lowest BCUT2D eigenvalue weighted by atomic mass is 9.83. The zero-order valence-corrected chi connectivity index (χ0v) is 24.7. The van der Waals surface area contributed by atoms with Crippen molar-refractivity contribution >= 4 is 34.3 Å². The molecule has 0 radical (unpaired) electrons. The molecule has 42 heavy (non-hydrogen) atoms. The summed E-state index contributed by atoms with van der Waals surface area (Å²) in [5.41, 5.74) is 4.77. The molecule has 6 rings (SSSR count). The van der Waals surface area contributed by atoms with Gasteiger partial charge in [0.15, 0.2) is 12.3 Å². The van der Waals surface area contributed by atoms with Crippen molar-refractivity contribution in [3.8, 4) is 11.6 Å². The van der Waals surface area contributed by atoms with Crippen molar-refractivity contribution in [3.05, 3.63) is 70.3 Å². The molecule has 0 spiro atoms. The number of hydrogen-bond acceptors (Lipinski definition) is 8. The van der Waals surface area contributed by atoms with Crippen LogP contribution in [-0.2, 0) is 23.3 Å². The number of nitrogens with one attached hydrogen (secondary N) is 1. The highest BCUT2D eigenvalue weighted by molar-refractivity contribution is 5.97. The number of amides is 1. The third kappa shape index (κ3) is 4.63. The molecule has 0 saturated heterocycles. The number of hydrogen-bond donors (Lipinski definition) is 1. The van der Waals surface area contributed by atoms with Gasteiger partial charge in [0.05, 0.1) is 18.4 Å². The average Bonchev–Trinajstić information content (AvgIpc) is 3.26. The topological polar surface area (TPSA) is 110 Å². The molecule has 1 amide bonds. The number of rotatable bonds is 7. The summed E-state index contributed by atoms with van der Waals surface area (Å²) in [4.78, 5) is 44.1. The van der Waals surface area contributed by atoms with Crippen LogP contribution in [0.2, 0.25) is 0 Å². The SMILES string of the molecule is C/C=C\Cn1c(=O)c2cnc(Nc3ccc4c(c3)C(C)(C)N(C)CC4)nc2n1-c1cnc2c(c1)N(CCC)C(=O)CO2. The molecule has 0 unspecified atom stereocenters. The van der Waals surface area contributed by atoms with Gasteiger partial charge in [-0.15, -0.1) is 0 Å². The Hall–Kier alpha value is -4.51. The van der Waals surface area contributed by atoms with E-state index in [1.165, 1.54) is 11.1 Å². The molecule has 0 bridgehead atoms. The zero-order chi connectivity index (χ0) is 29.6. The van der Waals surface area contributed by atoms with Gasteiger partial charge in [-0.2, -0.15) is 4.98 Å². The number of anilines is 3. The summed E-state index contributed by atoms with van der Waals surface area (Å²) in [6, 6.07) is 8.20. The molecule has 1 aromatic carbocycles. The molecule has 0 atom stereocenters. The van der Waals surface area contributed by atoms with Gasteiger partial charge in [0.2, 0.25) is 11.8 Å². The van der Waals surface area contributed by atoms with E-state index < -0.39 is 0 Å². The van der Waals surface area contributed by atoms with Gasteiger partial charge in [0, 0.05) is 30.5 Å². The van der Waals surface area contributed by atoms with E-state index in [9.17, 15) is 9.59 Å². The molecule has 4 aromatic rings. The first-order valence-electron chi connectivity index (χ1n) is 14.4. The fourth-order valence-electron chi connectivity index (χ4n) is 5.73. The number of carbonyl (C=O) groups excluding carboxylic acids is 1. The first kappa shape index (κ1) is 27.6. The molecular weight excluding hydrogens is 532 g/mol. The van der Waals surface area contributed by atoms with Crippen LogP contribution in [0, 0.1) is 0 Å². The van der Waals surface area contributed by atoms with Crippen LogP contribution in [0.5, 0.6) is 5.88 Å². The number of pyridine rings is 1. The lowest BCUT2D eigenvalue weighted by molar-refractivity contribution is -0.121. The third-order valence-corrected chi connectivity index (χ3v) is 8.32. The summed E-state index contributed by atoms with van der Waals surface area (Å²) < 4.78 is 8.95. The van der Waals surface area contributed by atoms with E-state index in [0.717, 1.165) is 25.1 Å². The number of fused-ring (bicyclic) bond motifs is 3. The molecule has 0 fully saturated rings. The maximum absolute atomic E-state index is 13.6. The molecule has 11 heteroatoms. The Morgan fingerprint density at radius 2 is 1.98 bits per heavy atom. The van der Waals surface area contributed by atoms with Crippen LogP contribution in [0.3, 0.4) is 0 Å². The van der Waals surface area contributed by atoms with E-state index in [1.54, 1.807) is 26.7 Å². The van der Waals surface area contributed by atoms with Crippen LogP contribution in [0.15, 0.2) is 53.6 Å². The van der Waals surface area contributed by atoms with Gasteiger partial charge in [0.1, 0.15) is 11.1 Å². The lowest BCUT2D eigenvalue weighted by Gasteiger charge is -2.41. The smallest absolute Gasteiger partial charge is 0.278 e. The molecule has 1 N–H and O–H groups in total. The Morgan fingerprint density at radius 3 is 2.76 bits per heavy atom. The molecule has 5 heterocycles. The van der Waals surface area contributed by atoms with Crippen LogP contribution in [0.1, 0.15) is 45.2 Å². The number of nitrogens with zero attached hydrogens (tertiary/aromatic N) is 7. The lowest BCUT2D eigenvalue weighted by Crippen LogP contribution is -2.43. The van der Waals surface area contributed by atoms with Gasteiger partial charge in [-0.3, -0.25) is 14.5 Å². The molecule has 11 nitrogen and oxygen atoms in total. The second-order valence-electron chi connectivity index (χ2n) is 11.3. The van der Waals surface area contributed by atoms with Crippen LogP contribution in [0.25, 0.3) is 16.7 Å². The fourth-order valence-corrected chi connectivity index (χ4v) is 5.73. The normalized spacial score (nSPS) is 16.5. The van der Waals surface area contributed by atoms with Crippen molar-refractivity contribution in [2.24, 2.45) is 0 Å². The van der Waals surface area contributed by atoms with Crippen molar-refractivity contribution in [2.45, 2.75) is 52.6 Å². The zero-order valence-electron chi connectivity index (χ0n) is 24.7. The van der Waals surface area contributed by atoms with Gasteiger partial charge in [-0.05, 0) is 70.0 Å². The highest BCUT2D eigenvalue weighted by Gasteiger charge is 2.32. The maximum Gasteiger partial charge on any atom is 0.278 e. The maximum atomic E-state index is 13.6. The largest absolute Gasteiger partial charge is 0.466 e. The molecular formula is C31H36N8O3. The van der Waals surface area contributed by atoms with E-state index in [1.807, 2.05) is 38.1 Å². The number of carbonyl (C=O) groups is 1. The van der Waals surface area contributed by atoms with Crippen molar-refractivity contribution in [2.75, 3.05) is 37.0 Å². The average molecular weight is 569 g/mol. The number of aromatic nitrogens is 5. The summed E-state index contributed by atoms with van der Waals surface area (Å²) in [6.07, 6.45) is 8.78. The van der Waals surface area contributed by atoms with Crippen LogP contribution < -0.4 is 20.5 Å². The first-order chi connectivity index (χ1) is 20.2. The Kier molecular flexibility index (Phi) is 7.05. The Balaban J connectivity index is 1.46. The van der Waals surface area contributed by atoms with Gasteiger partial charge in [-0.25, -0.2) is 19.3 Å². The van der Waals surface area contributed by atoms with Crippen molar-refractivity contribution in [3.63, 3.8) is 0 Å². The number of benzene rings is 1. The van der Waals surface area contributed by atoms with Crippen LogP contribution >= 0.6 is 0 Å². The highest BCUT2D eigenvalue weighted by Crippen LogP contribution is 2.36. The van der Waals surface area contributed by atoms with E-state index in [-0.39, 0.29) is 23.6 Å². The Morgan fingerprint density at radius 1 is 1.14 bits per heavy atom. The van der Waals surface area contributed by atoms with Crippen LogP contribution in [0.4, 0.5) is 17.3 Å². The summed E-state index contributed by atoms with van der Waals surface area (Å²) in [5, 5.41) is 3.74. The summed E-state index contributed by atoms with van der Waals surface area (Å²) in [7, 11) is 2.15. The van der Waals surface area contributed by atoms with Gasteiger partial charge < -0.3 is 15.0 Å². The fraction of sp³-hybridized carbons (Fsp3) is 0.387. The van der Waals surface area contributed by atoms with Crippen molar-refractivity contribution in [1.82, 2.24) is 29.2 Å². The first-order valence-corrected chi connectivity index (χ1v) is 14.4. The van der Waals surface area contributed by atoms with Gasteiger partial charge >= 0.3 is 0 Å². The summed E-state index contributed by atoms with van der Waals surface area (Å²) in [5.74, 6) is 0.641. The van der Waals surface area contributed by atoms with E-state index >= 15 is 0 Å². The second-order valence-corrected chi connectivity index (χ2v) is 11.3. The summed E-state index contributed by atoms with van der Waals surface area (Å²) in [6.45, 7) is 10.2. The highest BCUT2D eigenvalue weighted by atomic mass is 16.5. The second kappa shape index (κ2) is 10.7. The standard InChI is InChI=1S/C31H36N8O3/c1-6-8-13-38-29(41)23-18-33-30(34-21-10-9-20-11-14-36(5)31(3,4)24(20)15-21)35-27(23)39(38)22-16-25-28(32-17-22)42-19-26(40)37(25)12-7-2/h6,8-10,15-18H,7,11-14,19H2,1-5H3,(H,33,34,35)/b8-6-. The Bertz CT molecular complexity index is 1770. The number of likely N-dealkylation sites (N-methyl/N-ethyl adjacent to an activating group) is 1. The minimum atomic E-state index is -0.219. The number of ether oxygens (including phenoxy) is 1. The monoisotopic (exact) mass is 568 g/mol. The van der Waals surface area contributed by atoms with E-state index in [2.05, 4.69) is 53.2 Å². The van der Waals surface area contributed by atoms with Crippen molar-refractivity contribution in [1.29, 1.82) is 0 Å². The van der Waals surface area contributed by atoms with E-state index in [0.29, 0.717) is 47.3 Å². The van der Waals surface area contributed by atoms with Gasteiger partial charge in [0.25, 0.3) is 11.5 Å². The number of allylic oxidation sites excluding steroid dienone is 2. The van der Waals surface area contributed by atoms with Gasteiger partial charge in [-0.1, -0.05) is 25.1 Å². The van der Waals surface area contributed by atoms with E-state index in [4.69, 9.17) is 9.72 Å². The third-order valence-electron chi connectivity index (χ3n) is 8.32. The molecule has 2 aliphatic heterocycles. The Labute approximate surface area is 244 Å². The predicted octanol–water partition coefficient (Wildman–Crippen LogP) is 4.16. The molecule has 3 aromatic heterocycles. The molecule has 0 aliphatic carbocycles. The molecule has 2 aliphatic rings. The molecule has 218 valence electrons. The predicted molar refractivity (Wildman–Crippen MR) is 163 cm³/mol. The minimum absolute atomic E-state index is 0.0454. The minimum Gasteiger partial charge on any atom is -0.466 e.